The summed E-state index contributed by atoms with van der Waals surface area (Å²) < 4.78 is 0. The quantitative estimate of drug-likeness (QED) is 0.796. The predicted molar refractivity (Wildman–Crippen MR) is 65.0 cm³/mol. The molecule has 3 rings (SSSR count). The fraction of sp³-hybridized carbons (Fsp3) is 0.0714. The van der Waals surface area contributed by atoms with Crippen LogP contribution in [-0.4, -0.2) is 5.11 Å². The van der Waals surface area contributed by atoms with Gasteiger partial charge in [0.25, 0.3) is 0 Å². The molecule has 0 aromatic heterocycles. The summed E-state index contributed by atoms with van der Waals surface area (Å²) >= 11 is 5.83. The minimum Gasteiger partial charge on any atom is -0.379 e. The molecule has 0 atom stereocenters. The Kier molecular flexibility index (Phi) is 2.06. The van der Waals surface area contributed by atoms with Crippen molar-refractivity contribution < 1.29 is 5.11 Å². The minimum absolute atomic E-state index is 0.853. The van der Waals surface area contributed by atoms with E-state index in [1.54, 1.807) is 0 Å². The van der Waals surface area contributed by atoms with E-state index in [1.165, 1.54) is 5.88 Å². The van der Waals surface area contributed by atoms with E-state index in [-0.39, 0.29) is 0 Å². The molecular formula is C14H10ClO. The van der Waals surface area contributed by atoms with E-state index < -0.39 is 5.60 Å². The first-order valence-corrected chi connectivity index (χ1v) is 5.57. The van der Waals surface area contributed by atoms with E-state index >= 15 is 0 Å². The number of benzene rings is 2. The van der Waals surface area contributed by atoms with Crippen molar-refractivity contribution >= 4 is 11.6 Å². The van der Waals surface area contributed by atoms with Crippen molar-refractivity contribution in [3.8, 4) is 11.1 Å². The van der Waals surface area contributed by atoms with Crippen molar-refractivity contribution in [3.63, 3.8) is 0 Å². The van der Waals surface area contributed by atoms with Crippen LogP contribution in [0, 0.1) is 5.88 Å². The second-order valence-corrected chi connectivity index (χ2v) is 4.18. The molecule has 16 heavy (non-hydrogen) atoms. The highest BCUT2D eigenvalue weighted by atomic mass is 35.5. The van der Waals surface area contributed by atoms with Gasteiger partial charge >= 0.3 is 0 Å². The summed E-state index contributed by atoms with van der Waals surface area (Å²) in [6.07, 6.45) is 0. The Balaban J connectivity index is 2.39. The van der Waals surface area contributed by atoms with Gasteiger partial charge in [0.05, 0.1) is 5.88 Å². The van der Waals surface area contributed by atoms with Gasteiger partial charge in [-0.3, -0.25) is 0 Å². The molecule has 0 amide bonds. The fourth-order valence-electron chi connectivity index (χ4n) is 2.36. The highest BCUT2D eigenvalue weighted by Gasteiger charge is 2.40. The average Bonchev–Trinajstić information content (AvgIpc) is 2.62. The largest absolute Gasteiger partial charge is 0.379 e. The Hall–Kier alpha value is -1.31. The van der Waals surface area contributed by atoms with Gasteiger partial charge in [0.2, 0.25) is 0 Å². The molecule has 2 heteroatoms. The van der Waals surface area contributed by atoms with Crippen molar-refractivity contribution in [1.82, 2.24) is 0 Å². The van der Waals surface area contributed by atoms with E-state index in [1.807, 2.05) is 48.5 Å². The highest BCUT2D eigenvalue weighted by Crippen LogP contribution is 2.49. The topological polar surface area (TPSA) is 20.2 Å². The molecule has 1 N–H and O–H groups in total. The predicted octanol–water partition coefficient (Wildman–Crippen LogP) is 3.30. The van der Waals surface area contributed by atoms with E-state index in [2.05, 4.69) is 0 Å². The Morgan fingerprint density at radius 1 is 0.875 bits per heavy atom. The molecule has 0 aliphatic heterocycles. The molecule has 1 radical (unpaired) electrons. The molecule has 1 aliphatic carbocycles. The van der Waals surface area contributed by atoms with Gasteiger partial charge in [0.1, 0.15) is 5.60 Å². The SMILES string of the molecule is OC1([CH]Cl)c2ccccc2-c2ccccc21. The Labute approximate surface area is 99.3 Å². The number of hydrogen-bond acceptors (Lipinski definition) is 1. The van der Waals surface area contributed by atoms with E-state index in [0.717, 1.165) is 22.3 Å². The van der Waals surface area contributed by atoms with E-state index in [4.69, 9.17) is 11.6 Å². The molecule has 0 bridgehead atoms. The van der Waals surface area contributed by atoms with Gasteiger partial charge in [0.15, 0.2) is 0 Å². The zero-order chi connectivity index (χ0) is 11.2. The maximum atomic E-state index is 10.6. The lowest BCUT2D eigenvalue weighted by Crippen LogP contribution is -2.22. The smallest absolute Gasteiger partial charge is 0.134 e. The van der Waals surface area contributed by atoms with Crippen LogP contribution in [0.4, 0.5) is 0 Å². The van der Waals surface area contributed by atoms with Crippen LogP contribution < -0.4 is 0 Å². The number of fused-ring (bicyclic) bond motifs is 3. The summed E-state index contributed by atoms with van der Waals surface area (Å²) in [5.41, 5.74) is 2.65. The zero-order valence-corrected chi connectivity index (χ0v) is 9.28. The average molecular weight is 230 g/mol. The Bertz CT molecular complexity index is 502. The first-order valence-electron chi connectivity index (χ1n) is 5.14. The molecule has 2 aromatic rings. The zero-order valence-electron chi connectivity index (χ0n) is 8.52. The summed E-state index contributed by atoms with van der Waals surface area (Å²) in [7, 11) is 0. The van der Waals surface area contributed by atoms with Crippen LogP contribution in [0.3, 0.4) is 0 Å². The van der Waals surface area contributed by atoms with Crippen LogP contribution in [0.5, 0.6) is 0 Å². The molecule has 1 aliphatic rings. The van der Waals surface area contributed by atoms with E-state index in [9.17, 15) is 5.11 Å². The van der Waals surface area contributed by atoms with Crippen LogP contribution >= 0.6 is 11.6 Å². The van der Waals surface area contributed by atoms with Gasteiger partial charge in [-0.15, -0.1) is 11.6 Å². The lowest BCUT2D eigenvalue weighted by atomic mass is 9.94. The minimum atomic E-state index is -1.16. The summed E-state index contributed by atoms with van der Waals surface area (Å²) in [5.74, 6) is 1.33. The van der Waals surface area contributed by atoms with Gasteiger partial charge in [-0.2, -0.15) is 0 Å². The third kappa shape index (κ3) is 1.10. The third-order valence-corrected chi connectivity index (χ3v) is 3.44. The molecule has 0 unspecified atom stereocenters. The molecule has 0 saturated carbocycles. The molecule has 79 valence electrons. The van der Waals surface area contributed by atoms with Gasteiger partial charge < -0.3 is 5.11 Å². The second-order valence-electron chi connectivity index (χ2n) is 3.97. The van der Waals surface area contributed by atoms with Crippen molar-refractivity contribution in [1.29, 1.82) is 0 Å². The van der Waals surface area contributed by atoms with Crippen LogP contribution in [0.15, 0.2) is 48.5 Å². The summed E-state index contributed by atoms with van der Waals surface area (Å²) in [5, 5.41) is 10.6. The van der Waals surface area contributed by atoms with E-state index in [0.29, 0.717) is 0 Å². The number of hydrogen-bond donors (Lipinski definition) is 1. The van der Waals surface area contributed by atoms with Crippen LogP contribution in [-0.2, 0) is 5.60 Å². The Morgan fingerprint density at radius 2 is 1.31 bits per heavy atom. The van der Waals surface area contributed by atoms with Crippen molar-refractivity contribution in [2.24, 2.45) is 0 Å². The number of rotatable bonds is 1. The standard InChI is InChI=1S/C14H10ClO/c15-9-14(16)12-7-3-1-5-10(12)11-6-2-4-8-13(11)14/h1-9,16H. The number of halogens is 1. The second kappa shape index (κ2) is 3.34. The molecule has 0 fully saturated rings. The molecular weight excluding hydrogens is 220 g/mol. The molecule has 2 aromatic carbocycles. The monoisotopic (exact) mass is 229 g/mol. The molecule has 0 saturated heterocycles. The third-order valence-electron chi connectivity index (χ3n) is 3.12. The van der Waals surface area contributed by atoms with Gasteiger partial charge in [0, 0.05) is 0 Å². The van der Waals surface area contributed by atoms with Crippen LogP contribution in [0.25, 0.3) is 11.1 Å². The molecule has 1 nitrogen and oxygen atoms in total. The lowest BCUT2D eigenvalue weighted by Gasteiger charge is -2.21. The van der Waals surface area contributed by atoms with Crippen LogP contribution in [0.1, 0.15) is 11.1 Å². The fourth-order valence-corrected chi connectivity index (χ4v) is 2.60. The van der Waals surface area contributed by atoms with Crippen molar-refractivity contribution in [2.75, 3.05) is 0 Å². The maximum absolute atomic E-state index is 10.6. The van der Waals surface area contributed by atoms with Gasteiger partial charge in [-0.25, -0.2) is 0 Å². The van der Waals surface area contributed by atoms with Crippen molar-refractivity contribution in [3.05, 3.63) is 65.5 Å². The first kappa shape index (κ1) is 9.88. The van der Waals surface area contributed by atoms with Crippen LogP contribution in [0.2, 0.25) is 0 Å². The Morgan fingerprint density at radius 3 is 1.75 bits per heavy atom. The molecule has 0 heterocycles. The van der Waals surface area contributed by atoms with Gasteiger partial charge in [-0.1, -0.05) is 48.5 Å². The summed E-state index contributed by atoms with van der Waals surface area (Å²) in [6.45, 7) is 0. The van der Waals surface area contributed by atoms with Crippen molar-refractivity contribution in [2.45, 2.75) is 5.60 Å². The highest BCUT2D eigenvalue weighted by molar-refractivity contribution is 6.24. The van der Waals surface area contributed by atoms with Gasteiger partial charge in [-0.05, 0) is 22.3 Å². The summed E-state index contributed by atoms with van der Waals surface area (Å²) in [4.78, 5) is 0. The maximum Gasteiger partial charge on any atom is 0.134 e. The lowest BCUT2D eigenvalue weighted by molar-refractivity contribution is 0.131. The summed E-state index contributed by atoms with van der Waals surface area (Å²) in [6, 6.07) is 15.6. The number of aliphatic hydroxyl groups is 1. The first-order chi connectivity index (χ1) is 7.77. The molecule has 0 spiro atoms. The normalized spacial score (nSPS) is 15.6.